The van der Waals surface area contributed by atoms with Crippen LogP contribution in [0.2, 0.25) is 0 Å². The SMILES string of the molecule is CSCC[C@H](N)C(=O)NCc1cc2n(n1)CCCN(C1CCCCC1)C2.Cl.Cl. The molecule has 0 aromatic carbocycles. The van der Waals surface area contributed by atoms with Crippen molar-refractivity contribution < 1.29 is 4.79 Å². The first kappa shape index (κ1) is 25.6. The molecule has 6 nitrogen and oxygen atoms in total. The van der Waals surface area contributed by atoms with Gasteiger partial charge in [0.25, 0.3) is 0 Å². The second kappa shape index (κ2) is 13.0. The van der Waals surface area contributed by atoms with Gasteiger partial charge in [-0.25, -0.2) is 0 Å². The minimum atomic E-state index is -0.426. The maximum absolute atomic E-state index is 12.1. The van der Waals surface area contributed by atoms with Gasteiger partial charge in [-0.2, -0.15) is 16.9 Å². The lowest BCUT2D eigenvalue weighted by molar-refractivity contribution is -0.122. The molecule has 1 fully saturated rings. The molecule has 0 spiro atoms. The zero-order valence-corrected chi connectivity index (χ0v) is 19.2. The maximum atomic E-state index is 12.1. The number of carbonyl (C=O) groups is 1. The van der Waals surface area contributed by atoms with E-state index in [-0.39, 0.29) is 30.7 Å². The highest BCUT2D eigenvalue weighted by atomic mass is 35.5. The summed E-state index contributed by atoms with van der Waals surface area (Å²) in [6.07, 6.45) is 10.7. The van der Waals surface area contributed by atoms with Gasteiger partial charge in [-0.1, -0.05) is 19.3 Å². The molecular weight excluding hydrogens is 417 g/mol. The zero-order chi connectivity index (χ0) is 18.4. The van der Waals surface area contributed by atoms with E-state index in [0.717, 1.165) is 37.0 Å². The van der Waals surface area contributed by atoms with Crippen molar-refractivity contribution in [1.29, 1.82) is 0 Å². The molecule has 1 atom stereocenters. The van der Waals surface area contributed by atoms with Crippen LogP contribution in [0.5, 0.6) is 0 Å². The molecule has 0 bridgehead atoms. The zero-order valence-electron chi connectivity index (χ0n) is 16.8. The molecule has 2 heterocycles. The molecule has 3 N–H and O–H groups in total. The highest BCUT2D eigenvalue weighted by Crippen LogP contribution is 2.26. The summed E-state index contributed by atoms with van der Waals surface area (Å²) >= 11 is 1.71. The molecule has 162 valence electrons. The van der Waals surface area contributed by atoms with Gasteiger partial charge in [-0.15, -0.1) is 24.8 Å². The predicted octanol–water partition coefficient (Wildman–Crippen LogP) is 2.96. The Morgan fingerprint density at radius 1 is 1.29 bits per heavy atom. The molecule has 9 heteroatoms. The number of rotatable bonds is 7. The van der Waals surface area contributed by atoms with Crippen molar-refractivity contribution in [2.75, 3.05) is 18.6 Å². The van der Waals surface area contributed by atoms with Crippen LogP contribution in [0.3, 0.4) is 0 Å². The van der Waals surface area contributed by atoms with Gasteiger partial charge >= 0.3 is 0 Å². The van der Waals surface area contributed by atoms with E-state index in [1.807, 2.05) is 6.26 Å². The van der Waals surface area contributed by atoms with E-state index in [1.165, 1.54) is 44.3 Å². The van der Waals surface area contributed by atoms with Gasteiger partial charge in [0, 0.05) is 25.7 Å². The molecule has 3 rings (SSSR count). The van der Waals surface area contributed by atoms with Crippen molar-refractivity contribution in [1.82, 2.24) is 20.0 Å². The summed E-state index contributed by atoms with van der Waals surface area (Å²) in [5.41, 5.74) is 8.15. The summed E-state index contributed by atoms with van der Waals surface area (Å²) in [7, 11) is 0. The summed E-state index contributed by atoms with van der Waals surface area (Å²) in [5, 5.41) is 7.66. The van der Waals surface area contributed by atoms with Crippen molar-refractivity contribution in [2.24, 2.45) is 5.73 Å². The smallest absolute Gasteiger partial charge is 0.237 e. The van der Waals surface area contributed by atoms with Gasteiger partial charge in [0.2, 0.25) is 5.91 Å². The van der Waals surface area contributed by atoms with Crippen LogP contribution < -0.4 is 11.1 Å². The number of hydrogen-bond donors (Lipinski definition) is 2. The molecule has 0 saturated heterocycles. The number of nitrogens with two attached hydrogens (primary N) is 1. The summed E-state index contributed by atoms with van der Waals surface area (Å²) in [4.78, 5) is 14.7. The molecule has 1 aliphatic heterocycles. The molecule has 0 radical (unpaired) electrons. The standard InChI is InChI=1S/C19H33N5OS.2ClH/c1-26-11-8-18(20)19(25)21-13-15-12-17-14-23(9-5-10-24(17)22-15)16-6-3-2-4-7-16;;/h12,16,18H,2-11,13-14,20H2,1H3,(H,21,25);2*1H/t18-;;/m0../s1. The Labute approximate surface area is 185 Å². The number of thioether (sulfide) groups is 1. The molecular formula is C19H35Cl2N5OS. The van der Waals surface area contributed by atoms with Crippen molar-refractivity contribution in [3.8, 4) is 0 Å². The van der Waals surface area contributed by atoms with Crippen molar-refractivity contribution in [3.05, 3.63) is 17.5 Å². The number of nitrogens with one attached hydrogen (secondary N) is 1. The van der Waals surface area contributed by atoms with E-state index >= 15 is 0 Å². The summed E-state index contributed by atoms with van der Waals surface area (Å²) in [6.45, 7) is 3.60. The number of nitrogens with zero attached hydrogens (tertiary/aromatic N) is 3. The second-order valence-corrected chi connectivity index (χ2v) is 8.56. The predicted molar refractivity (Wildman–Crippen MR) is 121 cm³/mol. The van der Waals surface area contributed by atoms with Gasteiger partial charge in [0.1, 0.15) is 0 Å². The Morgan fingerprint density at radius 3 is 2.75 bits per heavy atom. The lowest BCUT2D eigenvalue weighted by Gasteiger charge is -2.33. The number of aromatic nitrogens is 2. The molecule has 1 saturated carbocycles. The maximum Gasteiger partial charge on any atom is 0.237 e. The molecule has 1 amide bonds. The first-order valence-electron chi connectivity index (χ1n) is 9.99. The monoisotopic (exact) mass is 451 g/mol. The quantitative estimate of drug-likeness (QED) is 0.665. The van der Waals surface area contributed by atoms with Crippen LogP contribution in [-0.2, 0) is 24.4 Å². The third-order valence-corrected chi connectivity index (χ3v) is 6.24. The summed E-state index contributed by atoms with van der Waals surface area (Å²) < 4.78 is 2.14. The first-order valence-corrected chi connectivity index (χ1v) is 11.4. The van der Waals surface area contributed by atoms with Crippen molar-refractivity contribution in [3.63, 3.8) is 0 Å². The second-order valence-electron chi connectivity index (χ2n) is 7.57. The average Bonchev–Trinajstić information content (AvgIpc) is 2.94. The fourth-order valence-corrected chi connectivity index (χ4v) is 4.57. The Bertz CT molecular complexity index is 595. The number of fused-ring (bicyclic) bond motifs is 1. The van der Waals surface area contributed by atoms with Crippen LogP contribution in [0.25, 0.3) is 0 Å². The van der Waals surface area contributed by atoms with E-state index in [0.29, 0.717) is 13.0 Å². The number of halogens is 2. The van der Waals surface area contributed by atoms with Crippen molar-refractivity contribution in [2.45, 2.75) is 76.7 Å². The van der Waals surface area contributed by atoms with Gasteiger partial charge in [0.15, 0.2) is 0 Å². The largest absolute Gasteiger partial charge is 0.349 e. The van der Waals surface area contributed by atoms with Gasteiger partial charge in [-0.3, -0.25) is 14.4 Å². The highest BCUT2D eigenvalue weighted by molar-refractivity contribution is 7.98. The minimum absolute atomic E-state index is 0. The lowest BCUT2D eigenvalue weighted by atomic mass is 9.94. The van der Waals surface area contributed by atoms with Gasteiger partial charge in [-0.05, 0) is 43.8 Å². The molecule has 28 heavy (non-hydrogen) atoms. The van der Waals surface area contributed by atoms with Crippen LogP contribution >= 0.6 is 36.6 Å². The topological polar surface area (TPSA) is 76.2 Å². The van der Waals surface area contributed by atoms with E-state index in [2.05, 4.69) is 21.0 Å². The van der Waals surface area contributed by atoms with Crippen molar-refractivity contribution >= 4 is 42.5 Å². The molecule has 2 aliphatic rings. The van der Waals surface area contributed by atoms with Gasteiger partial charge < -0.3 is 11.1 Å². The summed E-state index contributed by atoms with van der Waals surface area (Å²) in [5.74, 6) is 0.829. The van der Waals surface area contributed by atoms with Gasteiger partial charge in [0.05, 0.1) is 24.0 Å². The van der Waals surface area contributed by atoms with Crippen LogP contribution in [-0.4, -0.2) is 51.2 Å². The summed E-state index contributed by atoms with van der Waals surface area (Å²) in [6, 6.07) is 2.47. The Morgan fingerprint density at radius 2 is 2.04 bits per heavy atom. The molecule has 1 aromatic rings. The van der Waals surface area contributed by atoms with E-state index in [9.17, 15) is 4.79 Å². The van der Waals surface area contributed by atoms with Crippen LogP contribution in [0.1, 0.15) is 56.3 Å². The highest BCUT2D eigenvalue weighted by Gasteiger charge is 2.24. The molecule has 1 aromatic heterocycles. The van der Waals surface area contributed by atoms with Crippen LogP contribution in [0.15, 0.2) is 6.07 Å². The van der Waals surface area contributed by atoms with E-state index in [4.69, 9.17) is 10.8 Å². The van der Waals surface area contributed by atoms with E-state index < -0.39 is 6.04 Å². The fourth-order valence-electron chi connectivity index (χ4n) is 4.08. The Balaban J connectivity index is 0.00000196. The fraction of sp³-hybridized carbons (Fsp3) is 0.789. The molecule has 1 aliphatic carbocycles. The average molecular weight is 452 g/mol. The van der Waals surface area contributed by atoms with E-state index in [1.54, 1.807) is 11.8 Å². The Kier molecular flexibility index (Phi) is 11.8. The number of carbonyl (C=O) groups excluding carboxylic acids is 1. The first-order chi connectivity index (χ1) is 12.7. The normalized spacial score (nSPS) is 18.9. The third kappa shape index (κ3) is 7.10. The molecule has 0 unspecified atom stereocenters. The minimum Gasteiger partial charge on any atom is -0.349 e. The third-order valence-electron chi connectivity index (χ3n) is 5.60. The van der Waals surface area contributed by atoms with Crippen LogP contribution in [0.4, 0.5) is 0 Å². The lowest BCUT2D eigenvalue weighted by Crippen LogP contribution is -2.40. The number of aryl methyl sites for hydroxylation is 1. The number of hydrogen-bond acceptors (Lipinski definition) is 5. The van der Waals surface area contributed by atoms with Crippen LogP contribution in [0, 0.1) is 0 Å². The Hall–Kier alpha value is -0.470. The number of amides is 1.